The van der Waals surface area contributed by atoms with E-state index in [1.807, 2.05) is 0 Å². The summed E-state index contributed by atoms with van der Waals surface area (Å²) in [6, 6.07) is 5.28. The summed E-state index contributed by atoms with van der Waals surface area (Å²) in [6.45, 7) is 16.9. The molecule has 0 bridgehead atoms. The number of rotatable bonds is 6. The van der Waals surface area contributed by atoms with Crippen molar-refractivity contribution in [3.05, 3.63) is 0 Å². The Balaban J connectivity index is 0.865. The quantitative estimate of drug-likeness (QED) is 0.264. The van der Waals surface area contributed by atoms with Crippen LogP contribution in [0, 0.1) is 87.3 Å². The van der Waals surface area contributed by atoms with Crippen molar-refractivity contribution in [1.29, 1.82) is 0 Å². The van der Waals surface area contributed by atoms with Gasteiger partial charge in [-0.1, -0.05) is 106 Å². The second kappa shape index (κ2) is 16.1. The maximum atomic E-state index is 3.49. The topological polar surface area (TPSA) is 6.48 Å². The van der Waals surface area contributed by atoms with E-state index < -0.39 is 0 Å². The number of nitrogens with zero attached hydrogens (tertiary/aromatic N) is 2. The minimum absolute atomic E-state index is 0.505. The van der Waals surface area contributed by atoms with E-state index in [0.29, 0.717) is 16.2 Å². The highest BCUT2D eigenvalue weighted by atomic mass is 15.2. The summed E-state index contributed by atoms with van der Waals surface area (Å²) in [5.41, 5.74) is 1.62. The molecule has 0 saturated heterocycles. The molecular formula is C57H96N2. The van der Waals surface area contributed by atoms with Crippen LogP contribution in [-0.4, -0.2) is 46.1 Å². The maximum absolute atomic E-state index is 3.49. The Morgan fingerprint density at radius 1 is 0.237 bits per heavy atom. The molecule has 2 heteroatoms. The van der Waals surface area contributed by atoms with Crippen LogP contribution in [0.2, 0.25) is 0 Å². The summed E-state index contributed by atoms with van der Waals surface area (Å²) in [5, 5.41) is 0. The Hall–Kier alpha value is -0.0800. The van der Waals surface area contributed by atoms with Crippen molar-refractivity contribution in [3.8, 4) is 0 Å². The van der Waals surface area contributed by atoms with Gasteiger partial charge in [-0.25, -0.2) is 0 Å². The van der Waals surface area contributed by atoms with Gasteiger partial charge in [-0.2, -0.15) is 0 Å². The van der Waals surface area contributed by atoms with Crippen molar-refractivity contribution in [3.63, 3.8) is 0 Å². The molecule has 11 aliphatic carbocycles. The lowest BCUT2D eigenvalue weighted by Gasteiger charge is -2.54. The van der Waals surface area contributed by atoms with E-state index in [9.17, 15) is 0 Å². The van der Waals surface area contributed by atoms with Crippen molar-refractivity contribution in [2.24, 2.45) is 87.3 Å². The molecule has 11 saturated carbocycles. The van der Waals surface area contributed by atoms with Crippen molar-refractivity contribution in [2.75, 3.05) is 0 Å². The SMILES string of the molecule is CC1(C)C2CCCCC2C2CCC(N(C3CCC4C5CCCCC5C(C)(C)C4C3)C3CCC4C5CCC(N(C6CCCCC6)C6CCCCC6)CC5C(C)(C)C4C3)CC21. The molecule has 59 heavy (non-hydrogen) atoms. The first-order valence-electron chi connectivity index (χ1n) is 28.1. The summed E-state index contributed by atoms with van der Waals surface area (Å²) < 4.78 is 0. The molecule has 16 atom stereocenters. The van der Waals surface area contributed by atoms with Crippen LogP contribution in [0.4, 0.5) is 0 Å². The summed E-state index contributed by atoms with van der Waals surface area (Å²) >= 11 is 0. The van der Waals surface area contributed by atoms with Gasteiger partial charge in [-0.15, -0.1) is 0 Å². The molecule has 0 spiro atoms. The van der Waals surface area contributed by atoms with Crippen molar-refractivity contribution < 1.29 is 0 Å². The first kappa shape index (κ1) is 41.6. The summed E-state index contributed by atoms with van der Waals surface area (Å²) in [7, 11) is 0. The fourth-order valence-corrected chi connectivity index (χ4v) is 21.8. The van der Waals surface area contributed by atoms with E-state index in [0.717, 1.165) is 107 Å². The standard InChI is InChI=1S/C57H96N2/c1-55(2)49-23-15-13-21-43(49)45-29-26-40(34-51(45)55)59(41-27-30-46-44-22-14-16-24-50(44)56(3,4)52(46)35-41)42-28-32-48-47-31-25-39(33-53(47)57(5,6)54(48)36-42)58(37-17-9-7-10-18-37)38-19-11-8-12-20-38/h37-54H,7-36H2,1-6H3. The third kappa shape index (κ3) is 6.91. The van der Waals surface area contributed by atoms with Crippen LogP contribution < -0.4 is 0 Å². The predicted octanol–water partition coefficient (Wildman–Crippen LogP) is 15.1. The average molecular weight is 809 g/mol. The van der Waals surface area contributed by atoms with Gasteiger partial charge in [-0.3, -0.25) is 9.80 Å². The average Bonchev–Trinajstić information content (AvgIpc) is 3.74. The van der Waals surface area contributed by atoms with Crippen molar-refractivity contribution in [2.45, 2.75) is 270 Å². The van der Waals surface area contributed by atoms with E-state index in [1.54, 1.807) is 96.3 Å². The van der Waals surface area contributed by atoms with Gasteiger partial charge in [0.2, 0.25) is 0 Å². The second-order valence-corrected chi connectivity index (χ2v) is 27.0. The molecule has 16 unspecified atom stereocenters. The lowest BCUT2D eigenvalue weighted by molar-refractivity contribution is -0.0497. The zero-order valence-corrected chi connectivity index (χ0v) is 40.0. The van der Waals surface area contributed by atoms with E-state index in [4.69, 9.17) is 0 Å². The first-order valence-corrected chi connectivity index (χ1v) is 28.1. The predicted molar refractivity (Wildman–Crippen MR) is 248 cm³/mol. The van der Waals surface area contributed by atoms with Crippen LogP contribution in [0.5, 0.6) is 0 Å². The van der Waals surface area contributed by atoms with Gasteiger partial charge in [0.25, 0.3) is 0 Å². The highest BCUT2D eigenvalue weighted by Crippen LogP contribution is 2.68. The normalized spacial score (nSPS) is 49.4. The number of fused-ring (bicyclic) bond motifs is 9. The van der Waals surface area contributed by atoms with E-state index in [-0.39, 0.29) is 0 Å². The molecule has 334 valence electrons. The second-order valence-electron chi connectivity index (χ2n) is 27.0. The Bertz CT molecular complexity index is 1370. The molecule has 0 aromatic heterocycles. The Labute approximate surface area is 366 Å². The molecule has 0 aromatic carbocycles. The van der Waals surface area contributed by atoms with Crippen molar-refractivity contribution in [1.82, 2.24) is 9.80 Å². The van der Waals surface area contributed by atoms with Crippen LogP contribution >= 0.6 is 0 Å². The van der Waals surface area contributed by atoms with E-state index in [1.165, 1.54) is 96.3 Å². The molecule has 0 aromatic rings. The molecule has 0 radical (unpaired) electrons. The van der Waals surface area contributed by atoms with Gasteiger partial charge in [0, 0.05) is 36.3 Å². The minimum Gasteiger partial charge on any atom is -0.294 e. The molecular weight excluding hydrogens is 713 g/mol. The van der Waals surface area contributed by atoms with Gasteiger partial charge in [0.15, 0.2) is 0 Å². The van der Waals surface area contributed by atoms with E-state index in [2.05, 4.69) is 51.3 Å². The number of hydrogen-bond acceptors (Lipinski definition) is 2. The first-order chi connectivity index (χ1) is 28.5. The highest BCUT2D eigenvalue weighted by molar-refractivity contribution is 5.13. The molecule has 0 amide bonds. The Kier molecular flexibility index (Phi) is 11.4. The lowest BCUT2D eigenvalue weighted by atomic mass is 9.64. The van der Waals surface area contributed by atoms with Crippen molar-refractivity contribution >= 4 is 0 Å². The fraction of sp³-hybridized carbons (Fsp3) is 1.00. The van der Waals surface area contributed by atoms with Crippen LogP contribution in [0.15, 0.2) is 0 Å². The van der Waals surface area contributed by atoms with Gasteiger partial charge < -0.3 is 0 Å². The third-order valence-electron chi connectivity index (χ3n) is 24.2. The van der Waals surface area contributed by atoms with Crippen LogP contribution in [-0.2, 0) is 0 Å². The Morgan fingerprint density at radius 3 is 0.831 bits per heavy atom. The van der Waals surface area contributed by atoms with Crippen LogP contribution in [0.3, 0.4) is 0 Å². The van der Waals surface area contributed by atoms with Gasteiger partial charge >= 0.3 is 0 Å². The molecule has 0 N–H and O–H groups in total. The Morgan fingerprint density at radius 2 is 0.492 bits per heavy atom. The lowest BCUT2D eigenvalue weighted by Crippen LogP contribution is -2.56. The monoisotopic (exact) mass is 809 g/mol. The summed E-state index contributed by atoms with van der Waals surface area (Å²) in [6.07, 6.45) is 46.0. The molecule has 11 aliphatic rings. The fourth-order valence-electron chi connectivity index (χ4n) is 21.8. The van der Waals surface area contributed by atoms with Crippen LogP contribution in [0.25, 0.3) is 0 Å². The largest absolute Gasteiger partial charge is 0.294 e. The minimum atomic E-state index is 0.505. The smallest absolute Gasteiger partial charge is 0.0104 e. The maximum Gasteiger partial charge on any atom is 0.0104 e. The van der Waals surface area contributed by atoms with Crippen LogP contribution in [0.1, 0.15) is 234 Å². The molecule has 0 heterocycles. The number of hydrogen-bond donors (Lipinski definition) is 0. The van der Waals surface area contributed by atoms with Gasteiger partial charge in [-0.05, 0) is 216 Å². The molecule has 11 fully saturated rings. The molecule has 0 aliphatic heterocycles. The van der Waals surface area contributed by atoms with Gasteiger partial charge in [0.05, 0.1) is 0 Å². The summed E-state index contributed by atoms with van der Waals surface area (Å²) in [5.74, 6) is 12.2. The van der Waals surface area contributed by atoms with E-state index >= 15 is 0 Å². The zero-order valence-electron chi connectivity index (χ0n) is 40.0. The third-order valence-corrected chi connectivity index (χ3v) is 24.2. The zero-order chi connectivity index (χ0) is 40.3. The highest BCUT2D eigenvalue weighted by Gasteiger charge is 2.62. The summed E-state index contributed by atoms with van der Waals surface area (Å²) in [4.78, 5) is 6.79. The molecule has 2 nitrogen and oxygen atoms in total. The van der Waals surface area contributed by atoms with Gasteiger partial charge in [0.1, 0.15) is 0 Å². The molecule has 11 rings (SSSR count).